The van der Waals surface area contributed by atoms with Crippen molar-refractivity contribution in [2.75, 3.05) is 0 Å². The Labute approximate surface area is 82.2 Å². The van der Waals surface area contributed by atoms with Gasteiger partial charge in [0.15, 0.2) is 5.65 Å². The predicted molar refractivity (Wildman–Crippen MR) is 53.8 cm³/mol. The molecule has 2 heterocycles. The average molecular weight is 191 g/mol. The van der Waals surface area contributed by atoms with Gasteiger partial charge in [0.2, 0.25) is 0 Å². The molecule has 0 saturated carbocycles. The standard InChI is InChI=1S/C10H13N3O/c1-7(2)13-6-12-9-3-8(5-14)4-11-10(9)13/h3-4,6-7,14H,5H2,1-2H3. The minimum Gasteiger partial charge on any atom is -0.392 e. The molecule has 0 bridgehead atoms. The van der Waals surface area contributed by atoms with Crippen molar-refractivity contribution in [3.05, 3.63) is 24.2 Å². The van der Waals surface area contributed by atoms with Gasteiger partial charge in [-0.2, -0.15) is 0 Å². The van der Waals surface area contributed by atoms with Gasteiger partial charge in [0.25, 0.3) is 0 Å². The fraction of sp³-hybridized carbons (Fsp3) is 0.400. The smallest absolute Gasteiger partial charge is 0.160 e. The number of rotatable bonds is 2. The molecular formula is C10H13N3O. The summed E-state index contributed by atoms with van der Waals surface area (Å²) >= 11 is 0. The van der Waals surface area contributed by atoms with Crippen LogP contribution in [0.15, 0.2) is 18.6 Å². The van der Waals surface area contributed by atoms with Crippen LogP contribution in [0.2, 0.25) is 0 Å². The second-order valence-corrected chi connectivity index (χ2v) is 3.59. The Morgan fingerprint density at radius 3 is 2.86 bits per heavy atom. The number of aliphatic hydroxyl groups excluding tert-OH is 1. The van der Waals surface area contributed by atoms with Crippen LogP contribution in [0.25, 0.3) is 11.2 Å². The Bertz CT molecular complexity index is 448. The average Bonchev–Trinajstić information content (AvgIpc) is 2.59. The lowest BCUT2D eigenvalue weighted by molar-refractivity contribution is 0.281. The molecule has 0 saturated heterocycles. The summed E-state index contributed by atoms with van der Waals surface area (Å²) in [6.45, 7) is 4.18. The van der Waals surface area contributed by atoms with Gasteiger partial charge >= 0.3 is 0 Å². The molecule has 0 aliphatic heterocycles. The Hall–Kier alpha value is -1.42. The van der Waals surface area contributed by atoms with Gasteiger partial charge in [-0.05, 0) is 25.5 Å². The van der Waals surface area contributed by atoms with E-state index < -0.39 is 0 Å². The second-order valence-electron chi connectivity index (χ2n) is 3.59. The molecule has 0 aromatic carbocycles. The van der Waals surface area contributed by atoms with Crippen LogP contribution < -0.4 is 0 Å². The van der Waals surface area contributed by atoms with Crippen molar-refractivity contribution in [1.29, 1.82) is 0 Å². The molecule has 2 aromatic rings. The van der Waals surface area contributed by atoms with Crippen LogP contribution in [-0.2, 0) is 6.61 Å². The minimum absolute atomic E-state index is 0.0114. The zero-order chi connectivity index (χ0) is 10.1. The van der Waals surface area contributed by atoms with Crippen molar-refractivity contribution in [2.45, 2.75) is 26.5 Å². The molecule has 2 aromatic heterocycles. The molecule has 0 spiro atoms. The monoisotopic (exact) mass is 191 g/mol. The van der Waals surface area contributed by atoms with Crippen LogP contribution >= 0.6 is 0 Å². The highest BCUT2D eigenvalue weighted by molar-refractivity contribution is 5.71. The van der Waals surface area contributed by atoms with Crippen LogP contribution in [0.5, 0.6) is 0 Å². The zero-order valence-corrected chi connectivity index (χ0v) is 8.31. The number of pyridine rings is 1. The molecule has 0 aliphatic rings. The Kier molecular flexibility index (Phi) is 2.21. The van der Waals surface area contributed by atoms with E-state index in [0.717, 1.165) is 16.7 Å². The van der Waals surface area contributed by atoms with E-state index in [0.29, 0.717) is 6.04 Å². The Morgan fingerprint density at radius 1 is 1.43 bits per heavy atom. The molecule has 0 amide bonds. The van der Waals surface area contributed by atoms with Crippen molar-refractivity contribution in [2.24, 2.45) is 0 Å². The van der Waals surface area contributed by atoms with E-state index in [4.69, 9.17) is 5.11 Å². The number of nitrogens with zero attached hydrogens (tertiary/aromatic N) is 3. The normalized spacial score (nSPS) is 11.4. The van der Waals surface area contributed by atoms with Gasteiger partial charge in [-0.25, -0.2) is 9.97 Å². The fourth-order valence-corrected chi connectivity index (χ4v) is 1.43. The van der Waals surface area contributed by atoms with E-state index in [9.17, 15) is 0 Å². The Balaban J connectivity index is 2.59. The van der Waals surface area contributed by atoms with E-state index in [1.54, 1.807) is 12.5 Å². The summed E-state index contributed by atoms with van der Waals surface area (Å²) in [6, 6.07) is 2.22. The summed E-state index contributed by atoms with van der Waals surface area (Å²) in [5.41, 5.74) is 2.51. The van der Waals surface area contributed by atoms with Crippen LogP contribution in [-0.4, -0.2) is 19.6 Å². The number of aliphatic hydroxyl groups is 1. The van der Waals surface area contributed by atoms with E-state index in [1.165, 1.54) is 0 Å². The highest BCUT2D eigenvalue weighted by Gasteiger charge is 2.06. The number of imidazole rings is 1. The predicted octanol–water partition coefficient (Wildman–Crippen LogP) is 1.50. The molecule has 0 atom stereocenters. The molecule has 4 nitrogen and oxygen atoms in total. The van der Waals surface area contributed by atoms with Gasteiger partial charge in [0, 0.05) is 12.2 Å². The van der Waals surface area contributed by atoms with E-state index >= 15 is 0 Å². The van der Waals surface area contributed by atoms with Gasteiger partial charge in [-0.3, -0.25) is 0 Å². The minimum atomic E-state index is 0.0114. The molecule has 0 aliphatic carbocycles. The quantitative estimate of drug-likeness (QED) is 0.782. The van der Waals surface area contributed by atoms with E-state index in [1.807, 2.05) is 10.6 Å². The maximum Gasteiger partial charge on any atom is 0.160 e. The van der Waals surface area contributed by atoms with Crippen molar-refractivity contribution in [1.82, 2.24) is 14.5 Å². The van der Waals surface area contributed by atoms with Crippen molar-refractivity contribution in [3.8, 4) is 0 Å². The lowest BCUT2D eigenvalue weighted by Crippen LogP contribution is -1.99. The van der Waals surface area contributed by atoms with E-state index in [2.05, 4.69) is 23.8 Å². The highest BCUT2D eigenvalue weighted by atomic mass is 16.3. The van der Waals surface area contributed by atoms with Crippen LogP contribution in [0.4, 0.5) is 0 Å². The third-order valence-corrected chi connectivity index (χ3v) is 2.21. The van der Waals surface area contributed by atoms with Gasteiger partial charge in [0.1, 0.15) is 5.52 Å². The molecule has 14 heavy (non-hydrogen) atoms. The SMILES string of the molecule is CC(C)n1cnc2cc(CO)cnc21. The lowest BCUT2D eigenvalue weighted by Gasteiger charge is -2.06. The Morgan fingerprint density at radius 2 is 2.21 bits per heavy atom. The summed E-state index contributed by atoms with van der Waals surface area (Å²) in [5, 5.41) is 8.94. The summed E-state index contributed by atoms with van der Waals surface area (Å²) in [7, 11) is 0. The molecule has 0 radical (unpaired) electrons. The summed E-state index contributed by atoms with van der Waals surface area (Å²) in [5.74, 6) is 0. The first kappa shape index (κ1) is 9.15. The zero-order valence-electron chi connectivity index (χ0n) is 8.31. The molecule has 0 unspecified atom stereocenters. The summed E-state index contributed by atoms with van der Waals surface area (Å²) in [4.78, 5) is 8.51. The fourth-order valence-electron chi connectivity index (χ4n) is 1.43. The van der Waals surface area contributed by atoms with Crippen molar-refractivity contribution >= 4 is 11.2 Å². The topological polar surface area (TPSA) is 50.9 Å². The maximum atomic E-state index is 8.94. The number of fused-ring (bicyclic) bond motifs is 1. The second kappa shape index (κ2) is 3.38. The van der Waals surface area contributed by atoms with Gasteiger partial charge < -0.3 is 9.67 Å². The summed E-state index contributed by atoms with van der Waals surface area (Å²) < 4.78 is 2.01. The first-order chi connectivity index (χ1) is 6.72. The van der Waals surface area contributed by atoms with E-state index in [-0.39, 0.29) is 6.61 Å². The number of hydrogen-bond donors (Lipinski definition) is 1. The summed E-state index contributed by atoms with van der Waals surface area (Å²) in [6.07, 6.45) is 3.46. The van der Waals surface area contributed by atoms with Crippen LogP contribution in [0.3, 0.4) is 0 Å². The van der Waals surface area contributed by atoms with Gasteiger partial charge in [-0.1, -0.05) is 0 Å². The molecular weight excluding hydrogens is 178 g/mol. The number of aromatic nitrogens is 3. The molecule has 4 heteroatoms. The van der Waals surface area contributed by atoms with Crippen molar-refractivity contribution in [3.63, 3.8) is 0 Å². The van der Waals surface area contributed by atoms with Gasteiger partial charge in [0.05, 0.1) is 12.9 Å². The third-order valence-electron chi connectivity index (χ3n) is 2.21. The molecule has 0 fully saturated rings. The first-order valence-corrected chi connectivity index (χ1v) is 4.64. The van der Waals surface area contributed by atoms with Gasteiger partial charge in [-0.15, -0.1) is 0 Å². The van der Waals surface area contributed by atoms with Crippen molar-refractivity contribution < 1.29 is 5.11 Å². The molecule has 74 valence electrons. The van der Waals surface area contributed by atoms with Crippen LogP contribution in [0.1, 0.15) is 25.5 Å². The highest BCUT2D eigenvalue weighted by Crippen LogP contribution is 2.15. The molecule has 2 rings (SSSR count). The largest absolute Gasteiger partial charge is 0.392 e. The van der Waals surface area contributed by atoms with Crippen LogP contribution in [0, 0.1) is 0 Å². The number of hydrogen-bond acceptors (Lipinski definition) is 3. The first-order valence-electron chi connectivity index (χ1n) is 4.64. The maximum absolute atomic E-state index is 8.94. The molecule has 1 N–H and O–H groups in total. The third kappa shape index (κ3) is 1.37. The lowest BCUT2D eigenvalue weighted by atomic mass is 10.3.